The third-order valence-corrected chi connectivity index (χ3v) is 3.24. The SMILES string of the molecule is CCOC(=O)CNC(=O)[C@@H](CC(C)C)NC(=O)OCc1ccccc1. The number of amides is 2. The molecule has 1 aromatic carbocycles. The van der Waals surface area contributed by atoms with Gasteiger partial charge in [0, 0.05) is 0 Å². The number of hydrogen-bond donors (Lipinski definition) is 2. The van der Waals surface area contributed by atoms with Crippen molar-refractivity contribution in [2.75, 3.05) is 13.2 Å². The summed E-state index contributed by atoms with van der Waals surface area (Å²) < 4.78 is 9.89. The van der Waals surface area contributed by atoms with Crippen molar-refractivity contribution in [3.8, 4) is 0 Å². The molecule has 1 rings (SSSR count). The number of carbonyl (C=O) groups is 3. The van der Waals surface area contributed by atoms with Crippen molar-refractivity contribution in [3.63, 3.8) is 0 Å². The van der Waals surface area contributed by atoms with Crippen LogP contribution in [-0.2, 0) is 25.7 Å². The zero-order chi connectivity index (χ0) is 18.7. The number of alkyl carbamates (subject to hydrolysis) is 1. The van der Waals surface area contributed by atoms with Gasteiger partial charge in [0.05, 0.1) is 6.61 Å². The lowest BCUT2D eigenvalue weighted by Gasteiger charge is -2.19. The van der Waals surface area contributed by atoms with E-state index in [0.29, 0.717) is 6.42 Å². The minimum absolute atomic E-state index is 0.117. The summed E-state index contributed by atoms with van der Waals surface area (Å²) in [4.78, 5) is 35.5. The van der Waals surface area contributed by atoms with E-state index in [1.54, 1.807) is 6.92 Å². The first-order valence-corrected chi connectivity index (χ1v) is 8.32. The van der Waals surface area contributed by atoms with E-state index in [9.17, 15) is 14.4 Å². The van der Waals surface area contributed by atoms with Gasteiger partial charge in [0.15, 0.2) is 0 Å². The van der Waals surface area contributed by atoms with E-state index >= 15 is 0 Å². The van der Waals surface area contributed by atoms with Crippen molar-refractivity contribution in [3.05, 3.63) is 35.9 Å². The topological polar surface area (TPSA) is 93.7 Å². The summed E-state index contributed by atoms with van der Waals surface area (Å²) in [5.74, 6) is -0.794. The summed E-state index contributed by atoms with van der Waals surface area (Å²) in [7, 11) is 0. The molecule has 0 aliphatic carbocycles. The van der Waals surface area contributed by atoms with E-state index in [2.05, 4.69) is 10.6 Å². The zero-order valence-corrected chi connectivity index (χ0v) is 14.9. The van der Waals surface area contributed by atoms with Crippen LogP contribution < -0.4 is 10.6 Å². The molecule has 7 nitrogen and oxygen atoms in total. The van der Waals surface area contributed by atoms with Crippen LogP contribution in [0.4, 0.5) is 4.79 Å². The minimum atomic E-state index is -0.780. The normalized spacial score (nSPS) is 11.5. The molecule has 0 unspecified atom stereocenters. The standard InChI is InChI=1S/C18H26N2O5/c1-4-24-16(21)11-19-17(22)15(10-13(2)3)20-18(23)25-12-14-8-6-5-7-9-14/h5-9,13,15H,4,10-12H2,1-3H3,(H,19,22)(H,20,23)/t15-/m1/s1. The molecule has 0 bridgehead atoms. The minimum Gasteiger partial charge on any atom is -0.465 e. The number of hydrogen-bond acceptors (Lipinski definition) is 5. The lowest BCUT2D eigenvalue weighted by Crippen LogP contribution is -2.48. The van der Waals surface area contributed by atoms with Crippen LogP contribution >= 0.6 is 0 Å². The second-order valence-corrected chi connectivity index (χ2v) is 5.91. The summed E-state index contributed by atoms with van der Waals surface area (Å²) in [6.45, 7) is 5.68. The molecule has 1 atom stereocenters. The molecule has 0 aliphatic heterocycles. The van der Waals surface area contributed by atoms with Crippen molar-refractivity contribution in [2.24, 2.45) is 5.92 Å². The van der Waals surface area contributed by atoms with Gasteiger partial charge >= 0.3 is 12.1 Å². The van der Waals surface area contributed by atoms with Gasteiger partial charge in [0.25, 0.3) is 0 Å². The predicted molar refractivity (Wildman–Crippen MR) is 92.6 cm³/mol. The van der Waals surface area contributed by atoms with E-state index in [0.717, 1.165) is 5.56 Å². The molecule has 7 heteroatoms. The van der Waals surface area contributed by atoms with Crippen molar-refractivity contribution in [1.29, 1.82) is 0 Å². The van der Waals surface area contributed by atoms with Crippen LogP contribution in [0.3, 0.4) is 0 Å². The van der Waals surface area contributed by atoms with Gasteiger partial charge in [-0.3, -0.25) is 9.59 Å². The van der Waals surface area contributed by atoms with E-state index in [4.69, 9.17) is 9.47 Å². The predicted octanol–water partition coefficient (Wildman–Crippen LogP) is 2.01. The highest BCUT2D eigenvalue weighted by atomic mass is 16.5. The van der Waals surface area contributed by atoms with Crippen LogP contribution in [-0.4, -0.2) is 37.2 Å². The quantitative estimate of drug-likeness (QED) is 0.665. The summed E-state index contributed by atoms with van der Waals surface area (Å²) in [5, 5.41) is 5.02. The molecule has 0 aromatic heterocycles. The Kier molecular flexibility index (Phi) is 9.06. The molecule has 1 aromatic rings. The Morgan fingerprint density at radius 3 is 2.36 bits per heavy atom. The summed E-state index contributed by atoms with van der Waals surface area (Å²) in [6, 6.07) is 8.46. The van der Waals surface area contributed by atoms with Crippen LogP contribution in [0.1, 0.15) is 32.8 Å². The second kappa shape index (κ2) is 11.1. The first-order chi connectivity index (χ1) is 11.9. The Morgan fingerprint density at radius 2 is 1.76 bits per heavy atom. The molecule has 0 fully saturated rings. The largest absolute Gasteiger partial charge is 0.465 e. The molecular formula is C18H26N2O5. The third-order valence-electron chi connectivity index (χ3n) is 3.24. The van der Waals surface area contributed by atoms with Crippen molar-refractivity contribution in [2.45, 2.75) is 39.8 Å². The highest BCUT2D eigenvalue weighted by Crippen LogP contribution is 2.06. The van der Waals surface area contributed by atoms with Gasteiger partial charge in [-0.15, -0.1) is 0 Å². The maximum absolute atomic E-state index is 12.2. The van der Waals surface area contributed by atoms with Gasteiger partial charge in [-0.2, -0.15) is 0 Å². The lowest BCUT2D eigenvalue weighted by atomic mass is 10.0. The average Bonchev–Trinajstić information content (AvgIpc) is 2.58. The third kappa shape index (κ3) is 8.74. The monoisotopic (exact) mass is 350 g/mol. The van der Waals surface area contributed by atoms with Gasteiger partial charge < -0.3 is 20.1 Å². The Labute approximate surface area is 148 Å². The molecule has 25 heavy (non-hydrogen) atoms. The second-order valence-electron chi connectivity index (χ2n) is 5.91. The highest BCUT2D eigenvalue weighted by Gasteiger charge is 2.23. The Bertz CT molecular complexity index is 560. The van der Waals surface area contributed by atoms with Gasteiger partial charge in [-0.05, 0) is 24.8 Å². The average molecular weight is 350 g/mol. The zero-order valence-electron chi connectivity index (χ0n) is 14.9. The van der Waals surface area contributed by atoms with E-state index < -0.39 is 24.0 Å². The maximum Gasteiger partial charge on any atom is 0.408 e. The smallest absolute Gasteiger partial charge is 0.408 e. The van der Waals surface area contributed by atoms with E-state index in [-0.39, 0.29) is 25.7 Å². The van der Waals surface area contributed by atoms with Crippen LogP contribution in [0, 0.1) is 5.92 Å². The molecule has 0 heterocycles. The van der Waals surface area contributed by atoms with E-state index in [1.165, 1.54) is 0 Å². The molecule has 138 valence electrons. The van der Waals surface area contributed by atoms with Crippen LogP contribution in [0.15, 0.2) is 30.3 Å². The molecule has 2 N–H and O–H groups in total. The van der Waals surface area contributed by atoms with Crippen LogP contribution in [0.2, 0.25) is 0 Å². The van der Waals surface area contributed by atoms with Crippen LogP contribution in [0.25, 0.3) is 0 Å². The molecule has 0 saturated carbocycles. The highest BCUT2D eigenvalue weighted by molar-refractivity contribution is 5.88. The number of esters is 1. The number of benzene rings is 1. The van der Waals surface area contributed by atoms with Crippen molar-refractivity contribution >= 4 is 18.0 Å². The van der Waals surface area contributed by atoms with Gasteiger partial charge in [0.2, 0.25) is 5.91 Å². The molecule has 0 spiro atoms. The molecule has 2 amide bonds. The van der Waals surface area contributed by atoms with Gasteiger partial charge in [-0.25, -0.2) is 4.79 Å². The van der Waals surface area contributed by atoms with E-state index in [1.807, 2.05) is 44.2 Å². The lowest BCUT2D eigenvalue weighted by molar-refractivity contribution is -0.143. The number of carbonyl (C=O) groups excluding carboxylic acids is 3. The van der Waals surface area contributed by atoms with Crippen molar-refractivity contribution in [1.82, 2.24) is 10.6 Å². The Hall–Kier alpha value is -2.57. The van der Waals surface area contributed by atoms with Gasteiger partial charge in [0.1, 0.15) is 19.2 Å². The molecule has 0 aliphatic rings. The number of rotatable bonds is 9. The number of nitrogens with one attached hydrogen (secondary N) is 2. The molecule has 0 saturated heterocycles. The first-order valence-electron chi connectivity index (χ1n) is 8.32. The Balaban J connectivity index is 2.51. The summed E-state index contributed by atoms with van der Waals surface area (Å²) in [5.41, 5.74) is 0.852. The fourth-order valence-corrected chi connectivity index (χ4v) is 2.10. The fourth-order valence-electron chi connectivity index (χ4n) is 2.10. The summed E-state index contributed by atoms with van der Waals surface area (Å²) in [6.07, 6.45) is -0.254. The maximum atomic E-state index is 12.2. The molecule has 0 radical (unpaired) electrons. The Morgan fingerprint density at radius 1 is 1.08 bits per heavy atom. The van der Waals surface area contributed by atoms with Gasteiger partial charge in [-0.1, -0.05) is 44.2 Å². The number of ether oxygens (including phenoxy) is 2. The van der Waals surface area contributed by atoms with Crippen LogP contribution in [0.5, 0.6) is 0 Å². The molecular weight excluding hydrogens is 324 g/mol. The first kappa shape index (κ1) is 20.5. The van der Waals surface area contributed by atoms with Crippen molar-refractivity contribution < 1.29 is 23.9 Å². The fraction of sp³-hybridized carbons (Fsp3) is 0.500. The summed E-state index contributed by atoms with van der Waals surface area (Å²) >= 11 is 0.